The fraction of sp³-hybridized carbons (Fsp3) is 0.231. The summed E-state index contributed by atoms with van der Waals surface area (Å²) in [4.78, 5) is 11.5. The van der Waals surface area contributed by atoms with Crippen molar-refractivity contribution in [3.63, 3.8) is 0 Å². The van der Waals surface area contributed by atoms with E-state index in [0.29, 0.717) is 17.0 Å². The highest BCUT2D eigenvalue weighted by Gasteiger charge is 2.16. The van der Waals surface area contributed by atoms with Crippen LogP contribution in [0.5, 0.6) is 5.75 Å². The molecule has 1 N–H and O–H groups in total. The molecule has 6 heteroatoms. The van der Waals surface area contributed by atoms with Crippen molar-refractivity contribution < 1.29 is 19.5 Å². The average molecular weight is 284 g/mol. The molecule has 0 aromatic heterocycles. The maximum Gasteiger partial charge on any atom is 0.339 e. The summed E-state index contributed by atoms with van der Waals surface area (Å²) in [5, 5.41) is 11.8. The Bertz CT molecular complexity index is 538. The van der Waals surface area contributed by atoms with Crippen molar-refractivity contribution in [3.8, 4) is 5.75 Å². The van der Waals surface area contributed by atoms with Gasteiger partial charge in [0, 0.05) is 5.56 Å². The molecule has 0 aliphatic rings. The van der Waals surface area contributed by atoms with Crippen LogP contribution in [0.1, 0.15) is 22.8 Å². The van der Waals surface area contributed by atoms with Gasteiger partial charge in [-0.1, -0.05) is 16.8 Å². The predicted octanol–water partition coefficient (Wildman–Crippen LogP) is 3.00. The molecule has 19 heavy (non-hydrogen) atoms. The van der Waals surface area contributed by atoms with Crippen LogP contribution in [0, 0.1) is 0 Å². The van der Waals surface area contributed by atoms with Crippen LogP contribution in [-0.2, 0) is 4.74 Å². The molecule has 0 saturated carbocycles. The number of carbonyl (C=O) groups excluding carboxylic acids is 1. The van der Waals surface area contributed by atoms with Gasteiger partial charge in [0.1, 0.15) is 5.75 Å². The summed E-state index contributed by atoms with van der Waals surface area (Å²) < 4.78 is 9.81. The SMILES string of the molecule is COC(=O)c1ccc(OC)c(/C=C/C(C)=N\O)c1Cl. The Hall–Kier alpha value is -2.01. The minimum atomic E-state index is -0.533. The summed E-state index contributed by atoms with van der Waals surface area (Å²) in [5.74, 6) is -0.0329. The molecule has 0 atom stereocenters. The standard InChI is InChI=1S/C13H14ClNO4/c1-8(15-17)4-5-9-11(18-2)7-6-10(12(9)14)13(16)19-3/h4-7,17H,1-3H3/b5-4+,15-8-. The molecule has 0 amide bonds. The molecule has 1 aromatic rings. The lowest BCUT2D eigenvalue weighted by Crippen LogP contribution is -2.03. The van der Waals surface area contributed by atoms with Crippen molar-refractivity contribution in [2.75, 3.05) is 14.2 Å². The number of esters is 1. The molecule has 0 aliphatic carbocycles. The molecule has 1 aromatic carbocycles. The minimum Gasteiger partial charge on any atom is -0.496 e. The summed E-state index contributed by atoms with van der Waals surface area (Å²) >= 11 is 6.16. The topological polar surface area (TPSA) is 68.1 Å². The van der Waals surface area contributed by atoms with E-state index in [1.807, 2.05) is 0 Å². The van der Waals surface area contributed by atoms with Crippen molar-refractivity contribution in [3.05, 3.63) is 34.4 Å². The van der Waals surface area contributed by atoms with Gasteiger partial charge in [-0.15, -0.1) is 0 Å². The molecule has 1 rings (SSSR count). The van der Waals surface area contributed by atoms with Crippen molar-refractivity contribution in [1.29, 1.82) is 0 Å². The van der Waals surface area contributed by atoms with E-state index in [4.69, 9.17) is 21.5 Å². The van der Waals surface area contributed by atoms with Crippen LogP contribution >= 0.6 is 11.6 Å². The second-order valence-corrected chi connectivity index (χ2v) is 3.99. The summed E-state index contributed by atoms with van der Waals surface area (Å²) in [5.41, 5.74) is 1.14. The Morgan fingerprint density at radius 2 is 2.11 bits per heavy atom. The molecule has 0 heterocycles. The third-order valence-corrected chi connectivity index (χ3v) is 2.82. The molecule has 102 valence electrons. The molecule has 0 aliphatic heterocycles. The number of oxime groups is 1. The number of nitrogens with zero attached hydrogens (tertiary/aromatic N) is 1. The predicted molar refractivity (Wildman–Crippen MR) is 73.3 cm³/mol. The maximum absolute atomic E-state index is 11.5. The quantitative estimate of drug-likeness (QED) is 0.399. The molecular weight excluding hydrogens is 270 g/mol. The number of methoxy groups -OCH3 is 2. The van der Waals surface area contributed by atoms with Crippen molar-refractivity contribution >= 4 is 29.4 Å². The number of ether oxygens (including phenoxy) is 2. The Morgan fingerprint density at radius 1 is 1.42 bits per heavy atom. The van der Waals surface area contributed by atoms with Crippen LogP contribution in [0.25, 0.3) is 6.08 Å². The first kappa shape index (κ1) is 15.0. The minimum absolute atomic E-state index is 0.216. The number of allylic oxidation sites excluding steroid dienone is 1. The van der Waals surface area contributed by atoms with Gasteiger partial charge in [-0.25, -0.2) is 4.79 Å². The molecule has 0 bridgehead atoms. The lowest BCUT2D eigenvalue weighted by Gasteiger charge is -2.10. The Kier molecular flexibility index (Phi) is 5.38. The van der Waals surface area contributed by atoms with E-state index in [1.165, 1.54) is 20.3 Å². The van der Waals surface area contributed by atoms with Crippen LogP contribution in [-0.4, -0.2) is 31.1 Å². The highest BCUT2D eigenvalue weighted by Crippen LogP contribution is 2.31. The summed E-state index contributed by atoms with van der Waals surface area (Å²) in [6.07, 6.45) is 3.15. The highest BCUT2D eigenvalue weighted by atomic mass is 35.5. The van der Waals surface area contributed by atoms with Gasteiger partial charge in [0.05, 0.1) is 30.5 Å². The fourth-order valence-electron chi connectivity index (χ4n) is 1.41. The van der Waals surface area contributed by atoms with Gasteiger partial charge in [0.15, 0.2) is 0 Å². The van der Waals surface area contributed by atoms with Crippen molar-refractivity contribution in [1.82, 2.24) is 0 Å². The summed E-state index contributed by atoms with van der Waals surface area (Å²) in [6.45, 7) is 1.61. The van der Waals surface area contributed by atoms with Gasteiger partial charge in [-0.2, -0.15) is 0 Å². The first-order valence-electron chi connectivity index (χ1n) is 5.36. The summed E-state index contributed by atoms with van der Waals surface area (Å²) in [6, 6.07) is 3.14. The van der Waals surface area contributed by atoms with Gasteiger partial charge in [-0.05, 0) is 31.2 Å². The smallest absolute Gasteiger partial charge is 0.339 e. The van der Waals surface area contributed by atoms with Crippen molar-refractivity contribution in [2.24, 2.45) is 5.16 Å². The highest BCUT2D eigenvalue weighted by molar-refractivity contribution is 6.35. The fourth-order valence-corrected chi connectivity index (χ4v) is 1.71. The largest absolute Gasteiger partial charge is 0.496 e. The average Bonchev–Trinajstić information content (AvgIpc) is 2.44. The van der Waals surface area contributed by atoms with E-state index in [1.54, 1.807) is 25.1 Å². The van der Waals surface area contributed by atoms with Crippen LogP contribution in [0.4, 0.5) is 0 Å². The van der Waals surface area contributed by atoms with E-state index in [0.717, 1.165) is 0 Å². The number of carbonyl (C=O) groups is 1. The lowest BCUT2D eigenvalue weighted by molar-refractivity contribution is 0.0601. The Labute approximate surface area is 116 Å². The molecule has 0 fully saturated rings. The van der Waals surface area contributed by atoms with Crippen LogP contribution < -0.4 is 4.74 Å². The maximum atomic E-state index is 11.5. The third-order valence-electron chi connectivity index (χ3n) is 2.41. The van der Waals surface area contributed by atoms with Crippen LogP contribution in [0.3, 0.4) is 0 Å². The third kappa shape index (κ3) is 3.48. The molecule has 0 saturated heterocycles. The number of rotatable bonds is 4. The van der Waals surface area contributed by atoms with Crippen LogP contribution in [0.15, 0.2) is 23.4 Å². The van der Waals surface area contributed by atoms with Gasteiger partial charge in [0.25, 0.3) is 0 Å². The van der Waals surface area contributed by atoms with Gasteiger partial charge in [-0.3, -0.25) is 0 Å². The van der Waals surface area contributed by atoms with Gasteiger partial charge >= 0.3 is 5.97 Å². The molecule has 0 radical (unpaired) electrons. The second-order valence-electron chi connectivity index (χ2n) is 3.61. The zero-order chi connectivity index (χ0) is 14.4. The molecule has 0 spiro atoms. The van der Waals surface area contributed by atoms with Gasteiger partial charge < -0.3 is 14.7 Å². The van der Waals surface area contributed by atoms with E-state index in [9.17, 15) is 4.79 Å². The van der Waals surface area contributed by atoms with Crippen molar-refractivity contribution in [2.45, 2.75) is 6.92 Å². The van der Waals surface area contributed by atoms with E-state index >= 15 is 0 Å². The lowest BCUT2D eigenvalue weighted by atomic mass is 10.1. The van der Waals surface area contributed by atoms with Crippen LogP contribution in [0.2, 0.25) is 5.02 Å². The monoisotopic (exact) mass is 283 g/mol. The number of hydrogen-bond acceptors (Lipinski definition) is 5. The number of halogens is 1. The molecular formula is C13H14ClNO4. The van der Waals surface area contributed by atoms with E-state index < -0.39 is 5.97 Å². The number of benzene rings is 1. The first-order valence-corrected chi connectivity index (χ1v) is 5.74. The normalized spacial score (nSPS) is 11.7. The van der Waals surface area contributed by atoms with E-state index in [-0.39, 0.29) is 10.6 Å². The molecule has 0 unspecified atom stereocenters. The second kappa shape index (κ2) is 6.80. The Morgan fingerprint density at radius 3 is 2.63 bits per heavy atom. The zero-order valence-corrected chi connectivity index (χ0v) is 11.6. The Balaban J connectivity index is 3.34. The molecule has 5 nitrogen and oxygen atoms in total. The number of hydrogen-bond donors (Lipinski definition) is 1. The first-order chi connectivity index (χ1) is 9.04. The zero-order valence-electron chi connectivity index (χ0n) is 10.8. The van der Waals surface area contributed by atoms with E-state index in [2.05, 4.69) is 9.89 Å². The van der Waals surface area contributed by atoms with Gasteiger partial charge in [0.2, 0.25) is 0 Å². The summed E-state index contributed by atoms with van der Waals surface area (Å²) in [7, 11) is 2.77.